The van der Waals surface area contributed by atoms with Crippen LogP contribution in [-0.4, -0.2) is 32.2 Å². The summed E-state index contributed by atoms with van der Waals surface area (Å²) in [5.41, 5.74) is 0.899. The summed E-state index contributed by atoms with van der Waals surface area (Å²) >= 11 is 1.71. The van der Waals surface area contributed by atoms with Gasteiger partial charge >= 0.3 is 0 Å². The summed E-state index contributed by atoms with van der Waals surface area (Å²) in [6.07, 6.45) is 5.83. The van der Waals surface area contributed by atoms with E-state index in [1.807, 2.05) is 12.1 Å². The molecule has 0 aliphatic carbocycles. The summed E-state index contributed by atoms with van der Waals surface area (Å²) in [5, 5.41) is 3.42. The molecule has 2 rings (SSSR count). The molecule has 1 N–H and O–H groups in total. The first-order valence-electron chi connectivity index (χ1n) is 6.21. The Hall–Kier alpha value is -0.960. The largest absolute Gasteiger partial charge is 0.309 e. The normalized spacial score (nSPS) is 20.5. The van der Waals surface area contributed by atoms with Gasteiger partial charge in [-0.05, 0) is 18.1 Å². The van der Waals surface area contributed by atoms with E-state index in [0.29, 0.717) is 11.3 Å². The third kappa shape index (κ3) is 3.53. The summed E-state index contributed by atoms with van der Waals surface area (Å²) in [4.78, 5) is 0.482. The van der Waals surface area contributed by atoms with Crippen molar-refractivity contribution in [2.45, 2.75) is 17.4 Å². The molecule has 1 aliphatic rings. The number of thioether (sulfide) groups is 1. The van der Waals surface area contributed by atoms with Gasteiger partial charge in [0.25, 0.3) is 0 Å². The lowest BCUT2D eigenvalue weighted by molar-refractivity contribution is 0.506. The van der Waals surface area contributed by atoms with E-state index < -0.39 is 9.84 Å². The van der Waals surface area contributed by atoms with E-state index >= 15 is 0 Å². The van der Waals surface area contributed by atoms with Gasteiger partial charge in [-0.1, -0.05) is 24.1 Å². The molecule has 0 aromatic heterocycles. The van der Waals surface area contributed by atoms with Gasteiger partial charge in [-0.3, -0.25) is 0 Å². The molecule has 1 aliphatic heterocycles. The van der Waals surface area contributed by atoms with E-state index in [0.717, 1.165) is 23.6 Å². The van der Waals surface area contributed by atoms with Gasteiger partial charge in [-0.15, -0.1) is 18.2 Å². The fourth-order valence-electron chi connectivity index (χ4n) is 2.24. The summed E-state index contributed by atoms with van der Waals surface area (Å²) in [7, 11) is -3.09. The maximum atomic E-state index is 12.0. The molecule has 102 valence electrons. The van der Waals surface area contributed by atoms with Gasteiger partial charge in [0, 0.05) is 18.3 Å². The van der Waals surface area contributed by atoms with Crippen molar-refractivity contribution >= 4 is 21.6 Å². The molecular formula is C14H17NO2S2. The number of hydrogen-bond donors (Lipinski definition) is 1. The second-order valence-electron chi connectivity index (χ2n) is 4.41. The molecular weight excluding hydrogens is 278 g/mol. The average Bonchev–Trinajstić information content (AvgIpc) is 2.41. The van der Waals surface area contributed by atoms with E-state index in [1.54, 1.807) is 23.9 Å². The first-order valence-corrected chi connectivity index (χ1v) is 9.02. The summed E-state index contributed by atoms with van der Waals surface area (Å²) in [5.74, 6) is 4.47. The number of rotatable bonds is 5. The lowest BCUT2D eigenvalue weighted by atomic mass is 10.0. The molecule has 0 saturated heterocycles. The van der Waals surface area contributed by atoms with Crippen LogP contribution in [0, 0.1) is 12.3 Å². The molecule has 1 unspecified atom stereocenters. The predicted molar refractivity (Wildman–Crippen MR) is 80.0 cm³/mol. The maximum absolute atomic E-state index is 12.0. The average molecular weight is 295 g/mol. The van der Waals surface area contributed by atoms with Gasteiger partial charge in [0.05, 0.1) is 16.4 Å². The zero-order chi connectivity index (χ0) is 13.7. The van der Waals surface area contributed by atoms with Crippen LogP contribution in [0.25, 0.3) is 0 Å². The smallest absolute Gasteiger partial charge is 0.178 e. The number of terminal acetylenes is 1. The third-order valence-corrected chi connectivity index (χ3v) is 5.81. The molecule has 1 aromatic carbocycles. The lowest BCUT2D eigenvalue weighted by Gasteiger charge is -2.26. The number of fused-ring (bicyclic) bond motifs is 1. The molecule has 0 bridgehead atoms. The zero-order valence-corrected chi connectivity index (χ0v) is 12.3. The van der Waals surface area contributed by atoms with Crippen LogP contribution in [-0.2, 0) is 9.84 Å². The lowest BCUT2D eigenvalue weighted by Crippen LogP contribution is -2.31. The number of hydrogen-bond acceptors (Lipinski definition) is 4. The first-order chi connectivity index (χ1) is 9.15. The Morgan fingerprint density at radius 3 is 3.00 bits per heavy atom. The van der Waals surface area contributed by atoms with Crippen LogP contribution < -0.4 is 5.32 Å². The van der Waals surface area contributed by atoms with Crippen molar-refractivity contribution in [3.63, 3.8) is 0 Å². The van der Waals surface area contributed by atoms with Crippen LogP contribution >= 0.6 is 11.8 Å². The molecule has 1 aromatic rings. The highest BCUT2D eigenvalue weighted by Crippen LogP contribution is 2.31. The van der Waals surface area contributed by atoms with Gasteiger partial charge in [0.2, 0.25) is 0 Å². The van der Waals surface area contributed by atoms with Crippen LogP contribution in [0.2, 0.25) is 0 Å². The minimum atomic E-state index is -3.09. The van der Waals surface area contributed by atoms with Crippen molar-refractivity contribution in [1.29, 1.82) is 0 Å². The fraction of sp³-hybridized carbons (Fsp3) is 0.429. The standard InChI is InChI=1S/C14H17NO2S2/c1-2-9-18-10-8-15-13-7-11-19(16,17)14-6-4-3-5-12(13)14/h1,3-6,13,15H,7-11H2. The van der Waals surface area contributed by atoms with Gasteiger partial charge in [-0.25, -0.2) is 8.42 Å². The van der Waals surface area contributed by atoms with Gasteiger partial charge < -0.3 is 5.32 Å². The number of sulfone groups is 1. The van der Waals surface area contributed by atoms with Gasteiger partial charge in [-0.2, -0.15) is 0 Å². The molecule has 19 heavy (non-hydrogen) atoms. The fourth-order valence-corrected chi connectivity index (χ4v) is 4.38. The van der Waals surface area contributed by atoms with Crippen molar-refractivity contribution in [1.82, 2.24) is 5.32 Å². The first kappa shape index (κ1) is 14.4. The van der Waals surface area contributed by atoms with Crippen molar-refractivity contribution in [3.05, 3.63) is 29.8 Å². The molecule has 1 heterocycles. The van der Waals surface area contributed by atoms with Gasteiger partial charge in [0.1, 0.15) is 0 Å². The topological polar surface area (TPSA) is 46.2 Å². The Kier molecular flexibility index (Phi) is 4.92. The highest BCUT2D eigenvalue weighted by Gasteiger charge is 2.29. The highest BCUT2D eigenvalue weighted by atomic mass is 32.2. The van der Waals surface area contributed by atoms with Crippen molar-refractivity contribution in [2.24, 2.45) is 0 Å². The molecule has 0 saturated carbocycles. The minimum absolute atomic E-state index is 0.131. The molecule has 3 nitrogen and oxygen atoms in total. The van der Waals surface area contributed by atoms with Crippen LogP contribution in [0.1, 0.15) is 18.0 Å². The van der Waals surface area contributed by atoms with Crippen molar-refractivity contribution in [2.75, 3.05) is 23.8 Å². The molecule has 5 heteroatoms. The van der Waals surface area contributed by atoms with Crippen LogP contribution in [0.3, 0.4) is 0 Å². The second-order valence-corrected chi connectivity index (χ2v) is 7.59. The van der Waals surface area contributed by atoms with E-state index in [1.165, 1.54) is 0 Å². The summed E-state index contributed by atoms with van der Waals surface area (Å²) in [6, 6.07) is 7.40. The third-order valence-electron chi connectivity index (χ3n) is 3.13. The van der Waals surface area contributed by atoms with E-state index in [9.17, 15) is 8.42 Å². The molecule has 0 radical (unpaired) electrons. The Bertz CT molecular complexity index is 575. The van der Waals surface area contributed by atoms with Crippen LogP contribution in [0.5, 0.6) is 0 Å². The number of benzene rings is 1. The predicted octanol–water partition coefficient (Wildman–Crippen LogP) is 1.86. The Morgan fingerprint density at radius 2 is 2.21 bits per heavy atom. The Labute approximate surface area is 119 Å². The van der Waals surface area contributed by atoms with E-state index in [-0.39, 0.29) is 11.8 Å². The Morgan fingerprint density at radius 1 is 1.42 bits per heavy atom. The maximum Gasteiger partial charge on any atom is 0.178 e. The van der Waals surface area contributed by atoms with Crippen LogP contribution in [0.4, 0.5) is 0 Å². The molecule has 0 spiro atoms. The van der Waals surface area contributed by atoms with Gasteiger partial charge in [0.15, 0.2) is 9.84 Å². The quantitative estimate of drug-likeness (QED) is 0.665. The van der Waals surface area contributed by atoms with E-state index in [2.05, 4.69) is 11.2 Å². The SMILES string of the molecule is C#CCSCCNC1CCS(=O)(=O)c2ccccc21. The molecule has 0 fully saturated rings. The zero-order valence-electron chi connectivity index (χ0n) is 10.6. The minimum Gasteiger partial charge on any atom is -0.309 e. The van der Waals surface area contributed by atoms with E-state index in [4.69, 9.17) is 6.42 Å². The number of nitrogens with one attached hydrogen (secondary N) is 1. The summed E-state index contributed by atoms with van der Waals surface area (Å²) in [6.45, 7) is 0.839. The Balaban J connectivity index is 2.03. The van der Waals surface area contributed by atoms with Crippen molar-refractivity contribution in [3.8, 4) is 12.3 Å². The van der Waals surface area contributed by atoms with Crippen molar-refractivity contribution < 1.29 is 8.42 Å². The monoisotopic (exact) mass is 295 g/mol. The molecule has 1 atom stereocenters. The highest BCUT2D eigenvalue weighted by molar-refractivity contribution is 7.99. The summed E-state index contributed by atoms with van der Waals surface area (Å²) < 4.78 is 24.0. The molecule has 0 amide bonds. The second kappa shape index (κ2) is 6.47. The van der Waals surface area contributed by atoms with Crippen LogP contribution in [0.15, 0.2) is 29.2 Å².